The SMILES string of the molecule is CCCCCCCCCCCCCCCCCCCN1C=CN(CCCCCCCCCC)C1(Cc1ccccc1)C(CC)c1ccccc1. The van der Waals surface area contributed by atoms with Crippen LogP contribution in [0.5, 0.6) is 0 Å². The van der Waals surface area contributed by atoms with Crippen molar-refractivity contribution < 1.29 is 0 Å². The van der Waals surface area contributed by atoms with E-state index >= 15 is 0 Å². The number of rotatable bonds is 32. The lowest BCUT2D eigenvalue weighted by atomic mass is 9.78. The number of benzene rings is 2. The first kappa shape index (κ1) is 42.2. The van der Waals surface area contributed by atoms with Crippen molar-refractivity contribution in [2.75, 3.05) is 13.1 Å². The highest BCUT2D eigenvalue weighted by molar-refractivity contribution is 5.30. The number of nitrogens with zero attached hydrogens (tertiary/aromatic N) is 2. The zero-order valence-electron chi connectivity index (χ0n) is 33.4. The lowest BCUT2D eigenvalue weighted by Crippen LogP contribution is -2.59. The summed E-state index contributed by atoms with van der Waals surface area (Å²) in [6.07, 6.45) is 42.3. The molecular weight excluding hydrogens is 605 g/mol. The highest BCUT2D eigenvalue weighted by Crippen LogP contribution is 2.45. The second-order valence-electron chi connectivity index (χ2n) is 15.7. The van der Waals surface area contributed by atoms with E-state index in [0.717, 1.165) is 25.9 Å². The second-order valence-corrected chi connectivity index (χ2v) is 15.7. The molecule has 282 valence electrons. The van der Waals surface area contributed by atoms with Crippen molar-refractivity contribution in [2.24, 2.45) is 0 Å². The van der Waals surface area contributed by atoms with E-state index in [1.54, 1.807) is 0 Å². The molecule has 0 bridgehead atoms. The predicted molar refractivity (Wildman–Crippen MR) is 222 cm³/mol. The quantitative estimate of drug-likeness (QED) is 0.0708. The van der Waals surface area contributed by atoms with Crippen molar-refractivity contribution in [3.05, 3.63) is 84.2 Å². The summed E-state index contributed by atoms with van der Waals surface area (Å²) >= 11 is 0. The highest BCUT2D eigenvalue weighted by atomic mass is 15.4. The largest absolute Gasteiger partial charge is 0.353 e. The minimum Gasteiger partial charge on any atom is -0.353 e. The summed E-state index contributed by atoms with van der Waals surface area (Å²) in [5, 5.41) is 0. The second kappa shape index (κ2) is 27.4. The highest BCUT2D eigenvalue weighted by Gasteiger charge is 2.49. The van der Waals surface area contributed by atoms with E-state index in [1.165, 1.54) is 172 Å². The van der Waals surface area contributed by atoms with E-state index in [9.17, 15) is 0 Å². The molecule has 1 heterocycles. The summed E-state index contributed by atoms with van der Waals surface area (Å²) in [7, 11) is 0. The Hall–Kier alpha value is -2.22. The average molecular weight is 685 g/mol. The van der Waals surface area contributed by atoms with Gasteiger partial charge in [-0.1, -0.05) is 229 Å². The summed E-state index contributed by atoms with van der Waals surface area (Å²) in [5.41, 5.74) is 2.88. The third-order valence-electron chi connectivity index (χ3n) is 11.7. The van der Waals surface area contributed by atoms with Gasteiger partial charge in [-0.05, 0) is 30.4 Å². The minimum atomic E-state index is -0.0619. The molecule has 0 spiro atoms. The van der Waals surface area contributed by atoms with Gasteiger partial charge in [-0.25, -0.2) is 0 Å². The first-order valence-electron chi connectivity index (χ1n) is 22.1. The van der Waals surface area contributed by atoms with Gasteiger partial charge >= 0.3 is 0 Å². The van der Waals surface area contributed by atoms with Crippen LogP contribution in [0, 0.1) is 0 Å². The summed E-state index contributed by atoms with van der Waals surface area (Å²) in [6.45, 7) is 9.35. The molecule has 2 nitrogen and oxygen atoms in total. The maximum Gasteiger partial charge on any atom is 0.123 e. The fourth-order valence-corrected chi connectivity index (χ4v) is 8.68. The van der Waals surface area contributed by atoms with Crippen molar-refractivity contribution in [3.8, 4) is 0 Å². The molecule has 1 aliphatic heterocycles. The molecular formula is C48H80N2. The third kappa shape index (κ3) is 15.6. The first-order valence-corrected chi connectivity index (χ1v) is 22.1. The van der Waals surface area contributed by atoms with E-state index in [1.807, 2.05) is 0 Å². The summed E-state index contributed by atoms with van der Waals surface area (Å²) < 4.78 is 0. The monoisotopic (exact) mass is 685 g/mol. The molecule has 2 aromatic carbocycles. The van der Waals surface area contributed by atoms with Gasteiger partial charge in [0.25, 0.3) is 0 Å². The van der Waals surface area contributed by atoms with Crippen LogP contribution in [0.4, 0.5) is 0 Å². The van der Waals surface area contributed by atoms with Crippen LogP contribution in [0.25, 0.3) is 0 Å². The van der Waals surface area contributed by atoms with Gasteiger partial charge in [0.15, 0.2) is 0 Å². The van der Waals surface area contributed by atoms with Crippen molar-refractivity contribution in [3.63, 3.8) is 0 Å². The lowest BCUT2D eigenvalue weighted by Gasteiger charge is -2.51. The van der Waals surface area contributed by atoms with Crippen LogP contribution in [-0.2, 0) is 6.42 Å². The van der Waals surface area contributed by atoms with Crippen molar-refractivity contribution in [2.45, 2.75) is 206 Å². The molecule has 50 heavy (non-hydrogen) atoms. The van der Waals surface area contributed by atoms with Crippen LogP contribution in [0.2, 0.25) is 0 Å². The Bertz CT molecular complexity index is 1060. The molecule has 2 heteroatoms. The molecule has 0 saturated heterocycles. The Morgan fingerprint density at radius 1 is 0.420 bits per heavy atom. The van der Waals surface area contributed by atoms with Crippen molar-refractivity contribution in [1.82, 2.24) is 9.80 Å². The summed E-state index contributed by atoms with van der Waals surface area (Å²) in [5.74, 6) is 0.443. The average Bonchev–Trinajstić information content (AvgIpc) is 3.48. The van der Waals surface area contributed by atoms with E-state index in [2.05, 4.69) is 104 Å². The molecule has 0 radical (unpaired) electrons. The predicted octanol–water partition coefficient (Wildman–Crippen LogP) is 15.0. The third-order valence-corrected chi connectivity index (χ3v) is 11.7. The molecule has 0 N–H and O–H groups in total. The van der Waals surface area contributed by atoms with Crippen LogP contribution in [0.3, 0.4) is 0 Å². The van der Waals surface area contributed by atoms with Gasteiger partial charge in [-0.15, -0.1) is 0 Å². The van der Waals surface area contributed by atoms with Gasteiger partial charge < -0.3 is 9.80 Å². The van der Waals surface area contributed by atoms with Crippen LogP contribution in [0.1, 0.15) is 205 Å². The lowest BCUT2D eigenvalue weighted by molar-refractivity contribution is -0.00378. The fraction of sp³-hybridized carbons (Fsp3) is 0.708. The van der Waals surface area contributed by atoms with Crippen molar-refractivity contribution in [1.29, 1.82) is 0 Å². The Morgan fingerprint density at radius 2 is 0.760 bits per heavy atom. The fourth-order valence-electron chi connectivity index (χ4n) is 8.68. The summed E-state index contributed by atoms with van der Waals surface area (Å²) in [4.78, 5) is 5.57. The van der Waals surface area contributed by atoms with Gasteiger partial charge in [0.1, 0.15) is 5.66 Å². The van der Waals surface area contributed by atoms with Crippen LogP contribution < -0.4 is 0 Å². The van der Waals surface area contributed by atoms with Crippen LogP contribution in [-0.4, -0.2) is 28.6 Å². The van der Waals surface area contributed by atoms with Crippen molar-refractivity contribution >= 4 is 0 Å². The van der Waals surface area contributed by atoms with E-state index < -0.39 is 0 Å². The first-order chi connectivity index (χ1) is 24.8. The van der Waals surface area contributed by atoms with Crippen LogP contribution in [0.15, 0.2) is 73.1 Å². The molecule has 0 saturated carbocycles. The Balaban J connectivity index is 1.50. The Morgan fingerprint density at radius 3 is 1.12 bits per heavy atom. The van der Waals surface area contributed by atoms with E-state index in [0.29, 0.717) is 5.92 Å². The smallest absolute Gasteiger partial charge is 0.123 e. The molecule has 0 aromatic heterocycles. The molecule has 0 amide bonds. The molecule has 3 rings (SSSR count). The summed E-state index contributed by atoms with van der Waals surface area (Å²) in [6, 6.07) is 22.8. The van der Waals surface area contributed by atoms with Crippen LogP contribution >= 0.6 is 0 Å². The van der Waals surface area contributed by atoms with Gasteiger partial charge in [-0.3, -0.25) is 0 Å². The minimum absolute atomic E-state index is 0.0619. The van der Waals surface area contributed by atoms with Gasteiger partial charge in [0, 0.05) is 37.8 Å². The molecule has 0 fully saturated rings. The molecule has 0 aliphatic carbocycles. The zero-order valence-corrected chi connectivity index (χ0v) is 33.4. The molecule has 2 aromatic rings. The number of hydrogen-bond donors (Lipinski definition) is 0. The standard InChI is InChI=1S/C48H80N2/c1-4-7-9-11-13-15-16-17-18-19-20-21-22-23-25-27-35-41-50-43-42-49(40-34-26-24-14-12-10-8-5-2)48(50,44-45-36-30-28-31-37-45)47(6-3)46-38-32-29-33-39-46/h28-33,36-39,42-43,47H,4-27,34-35,40-41,44H2,1-3H3. The van der Waals surface area contributed by atoms with E-state index in [-0.39, 0.29) is 5.66 Å². The molecule has 2 unspecified atom stereocenters. The Kier molecular flexibility index (Phi) is 23.2. The zero-order chi connectivity index (χ0) is 35.4. The van der Waals surface area contributed by atoms with Gasteiger partial charge in [0.05, 0.1) is 0 Å². The molecule has 1 aliphatic rings. The maximum atomic E-state index is 2.79. The Labute approximate surface area is 311 Å². The number of hydrogen-bond acceptors (Lipinski definition) is 2. The van der Waals surface area contributed by atoms with E-state index in [4.69, 9.17) is 0 Å². The number of unbranched alkanes of at least 4 members (excludes halogenated alkanes) is 23. The topological polar surface area (TPSA) is 6.48 Å². The maximum absolute atomic E-state index is 2.79. The normalized spacial score (nSPS) is 16.5. The van der Waals surface area contributed by atoms with Gasteiger partial charge in [0.2, 0.25) is 0 Å². The van der Waals surface area contributed by atoms with Gasteiger partial charge in [-0.2, -0.15) is 0 Å². The molecule has 2 atom stereocenters.